The molecule has 0 aliphatic carbocycles. The summed E-state index contributed by atoms with van der Waals surface area (Å²) < 4.78 is 4.42. The van der Waals surface area contributed by atoms with Gasteiger partial charge in [-0.05, 0) is 12.1 Å². The molecule has 2 N–H and O–H groups in total. The van der Waals surface area contributed by atoms with Crippen LogP contribution < -0.4 is 10.5 Å². The molecule has 1 amide bonds. The highest BCUT2D eigenvalue weighted by molar-refractivity contribution is 5.82. The fraction of sp³-hybridized carbons (Fsp3) is 0. The van der Waals surface area contributed by atoms with E-state index in [1.165, 1.54) is 12.1 Å². The molecule has 7 nitrogen and oxygen atoms in total. The van der Waals surface area contributed by atoms with Gasteiger partial charge in [0, 0.05) is 0 Å². The molecule has 7 heteroatoms. The van der Waals surface area contributed by atoms with Crippen LogP contribution >= 0.6 is 0 Å². The molecule has 0 saturated heterocycles. The van der Waals surface area contributed by atoms with Crippen molar-refractivity contribution in [1.82, 2.24) is 0 Å². The first-order chi connectivity index (χ1) is 7.04. The van der Waals surface area contributed by atoms with Gasteiger partial charge in [0.15, 0.2) is 6.29 Å². The fourth-order valence-corrected chi connectivity index (χ4v) is 0.961. The van der Waals surface area contributed by atoms with E-state index in [2.05, 4.69) is 4.74 Å². The maximum atomic E-state index is 10.5. The first kappa shape index (κ1) is 10.6. The summed E-state index contributed by atoms with van der Waals surface area (Å²) in [4.78, 5) is 30.5. The van der Waals surface area contributed by atoms with Crippen molar-refractivity contribution in [2.45, 2.75) is 0 Å². The second-order valence-electron chi connectivity index (χ2n) is 2.52. The van der Waals surface area contributed by atoms with Crippen molar-refractivity contribution in [2.24, 2.45) is 5.73 Å². The van der Waals surface area contributed by atoms with Crippen LogP contribution in [0.1, 0.15) is 10.4 Å². The number of nitrogens with zero attached hydrogens (tertiary/aromatic N) is 1. The third-order valence-electron chi connectivity index (χ3n) is 1.54. The Kier molecular flexibility index (Phi) is 2.97. The maximum absolute atomic E-state index is 10.5. The summed E-state index contributed by atoms with van der Waals surface area (Å²) in [5.74, 6) is -0.0835. The van der Waals surface area contributed by atoms with Crippen LogP contribution in [0.4, 0.5) is 10.5 Å². The summed E-state index contributed by atoms with van der Waals surface area (Å²) >= 11 is 0. The molecule has 0 aliphatic rings. The fourth-order valence-electron chi connectivity index (χ4n) is 0.961. The molecule has 0 fully saturated rings. The Morgan fingerprint density at radius 1 is 1.53 bits per heavy atom. The minimum absolute atomic E-state index is 0.0835. The quantitative estimate of drug-likeness (QED) is 0.451. The normalized spacial score (nSPS) is 9.33. The van der Waals surface area contributed by atoms with Gasteiger partial charge in [-0.15, -0.1) is 0 Å². The van der Waals surface area contributed by atoms with Crippen LogP contribution in [0.2, 0.25) is 0 Å². The van der Waals surface area contributed by atoms with Crippen molar-refractivity contribution in [3.8, 4) is 5.75 Å². The van der Waals surface area contributed by atoms with Crippen molar-refractivity contribution in [2.75, 3.05) is 0 Å². The zero-order valence-electron chi connectivity index (χ0n) is 7.38. The van der Waals surface area contributed by atoms with Gasteiger partial charge in [0.1, 0.15) is 5.75 Å². The van der Waals surface area contributed by atoms with Gasteiger partial charge in [-0.2, -0.15) is 0 Å². The molecule has 0 spiro atoms. The molecule has 0 atom stereocenters. The number of ether oxygens (including phenoxy) is 1. The Bertz CT molecular complexity index is 429. The second kappa shape index (κ2) is 4.18. The highest BCUT2D eigenvalue weighted by Crippen LogP contribution is 2.23. The average Bonchev–Trinajstić information content (AvgIpc) is 2.16. The number of nitro benzene ring substituents is 1. The third-order valence-corrected chi connectivity index (χ3v) is 1.54. The SMILES string of the molecule is NC(=O)Oc1ccc(C=O)c([N+](=O)[O-])c1. The van der Waals surface area contributed by atoms with Crippen molar-refractivity contribution in [1.29, 1.82) is 0 Å². The van der Waals surface area contributed by atoms with Gasteiger partial charge in [0.05, 0.1) is 16.6 Å². The molecule has 0 radical (unpaired) electrons. The number of rotatable bonds is 3. The van der Waals surface area contributed by atoms with E-state index >= 15 is 0 Å². The molecular formula is C8H6N2O5. The first-order valence-corrected chi connectivity index (χ1v) is 3.75. The van der Waals surface area contributed by atoms with Gasteiger partial charge >= 0.3 is 6.09 Å². The van der Waals surface area contributed by atoms with E-state index in [1.54, 1.807) is 0 Å². The number of primary amides is 1. The predicted octanol–water partition coefficient (Wildman–Crippen LogP) is 0.865. The van der Waals surface area contributed by atoms with Crippen LogP contribution in [0.25, 0.3) is 0 Å². The van der Waals surface area contributed by atoms with Gasteiger partial charge in [-0.3, -0.25) is 14.9 Å². The molecule has 0 aromatic heterocycles. The molecular weight excluding hydrogens is 204 g/mol. The van der Waals surface area contributed by atoms with E-state index in [0.717, 1.165) is 6.07 Å². The maximum Gasteiger partial charge on any atom is 0.409 e. The van der Waals surface area contributed by atoms with Crippen LogP contribution in [-0.2, 0) is 0 Å². The monoisotopic (exact) mass is 210 g/mol. The highest BCUT2D eigenvalue weighted by Gasteiger charge is 2.15. The Morgan fingerprint density at radius 3 is 2.67 bits per heavy atom. The van der Waals surface area contributed by atoms with E-state index in [4.69, 9.17) is 5.73 Å². The molecule has 0 heterocycles. The minimum atomic E-state index is -1.08. The molecule has 1 aromatic rings. The average molecular weight is 210 g/mol. The zero-order valence-corrected chi connectivity index (χ0v) is 7.38. The number of hydrogen-bond donors (Lipinski definition) is 1. The lowest BCUT2D eigenvalue weighted by molar-refractivity contribution is -0.385. The van der Waals surface area contributed by atoms with Crippen molar-refractivity contribution in [3.63, 3.8) is 0 Å². The highest BCUT2D eigenvalue weighted by atomic mass is 16.6. The predicted molar refractivity (Wildman–Crippen MR) is 48.7 cm³/mol. The Balaban J connectivity index is 3.15. The Morgan fingerprint density at radius 2 is 2.20 bits per heavy atom. The number of nitrogens with two attached hydrogens (primary N) is 1. The summed E-state index contributed by atoms with van der Waals surface area (Å²) in [6.07, 6.45) is -0.741. The standard InChI is InChI=1S/C8H6N2O5/c9-8(12)15-6-2-1-5(4-11)7(3-6)10(13)14/h1-4H,(H2,9,12). The van der Waals surface area contributed by atoms with E-state index in [0.29, 0.717) is 6.29 Å². The van der Waals surface area contributed by atoms with Gasteiger partial charge in [-0.1, -0.05) is 0 Å². The van der Waals surface area contributed by atoms with Gasteiger partial charge in [-0.25, -0.2) is 4.79 Å². The molecule has 1 aromatic carbocycles. The Hall–Kier alpha value is -2.44. The summed E-state index contributed by atoms with van der Waals surface area (Å²) in [6.45, 7) is 0. The van der Waals surface area contributed by atoms with Crippen LogP contribution in [0, 0.1) is 10.1 Å². The van der Waals surface area contributed by atoms with E-state index in [-0.39, 0.29) is 11.3 Å². The van der Waals surface area contributed by atoms with Crippen LogP contribution in [0.15, 0.2) is 18.2 Å². The smallest absolute Gasteiger partial charge is 0.409 e. The first-order valence-electron chi connectivity index (χ1n) is 3.75. The Labute approximate surface area is 83.6 Å². The number of amides is 1. The van der Waals surface area contributed by atoms with Crippen molar-refractivity contribution in [3.05, 3.63) is 33.9 Å². The largest absolute Gasteiger partial charge is 0.410 e. The van der Waals surface area contributed by atoms with Gasteiger partial charge < -0.3 is 10.5 Å². The molecule has 78 valence electrons. The minimum Gasteiger partial charge on any atom is -0.410 e. The number of aldehydes is 1. The zero-order chi connectivity index (χ0) is 11.4. The molecule has 15 heavy (non-hydrogen) atoms. The summed E-state index contributed by atoms with van der Waals surface area (Å²) in [6, 6.07) is 3.36. The number of carbonyl (C=O) groups is 2. The molecule has 0 saturated carbocycles. The molecule has 0 unspecified atom stereocenters. The van der Waals surface area contributed by atoms with E-state index in [1.807, 2.05) is 0 Å². The summed E-state index contributed by atoms with van der Waals surface area (Å²) in [5.41, 5.74) is 4.18. The number of carbonyl (C=O) groups excluding carboxylic acids is 2. The van der Waals surface area contributed by atoms with Crippen molar-refractivity contribution >= 4 is 18.1 Å². The molecule has 0 aliphatic heterocycles. The summed E-state index contributed by atoms with van der Waals surface area (Å²) in [5, 5.41) is 10.5. The number of hydrogen-bond acceptors (Lipinski definition) is 5. The lowest BCUT2D eigenvalue weighted by Crippen LogP contribution is -2.16. The van der Waals surface area contributed by atoms with Gasteiger partial charge in [0.25, 0.3) is 5.69 Å². The number of benzene rings is 1. The van der Waals surface area contributed by atoms with Crippen LogP contribution in [0.5, 0.6) is 5.75 Å². The van der Waals surface area contributed by atoms with Gasteiger partial charge in [0.2, 0.25) is 0 Å². The second-order valence-corrected chi connectivity index (χ2v) is 2.52. The van der Waals surface area contributed by atoms with Crippen molar-refractivity contribution < 1.29 is 19.2 Å². The number of nitro groups is 1. The van der Waals surface area contributed by atoms with Crippen LogP contribution in [0.3, 0.4) is 0 Å². The van der Waals surface area contributed by atoms with E-state index < -0.39 is 16.7 Å². The molecule has 0 bridgehead atoms. The summed E-state index contributed by atoms with van der Waals surface area (Å²) in [7, 11) is 0. The van der Waals surface area contributed by atoms with Crippen LogP contribution in [-0.4, -0.2) is 17.3 Å². The lowest BCUT2D eigenvalue weighted by Gasteiger charge is -2.01. The topological polar surface area (TPSA) is 113 Å². The third kappa shape index (κ3) is 2.50. The lowest BCUT2D eigenvalue weighted by atomic mass is 10.2. The molecule has 1 rings (SSSR count). The van der Waals surface area contributed by atoms with E-state index in [9.17, 15) is 19.7 Å².